The molecule has 0 spiro atoms. The summed E-state index contributed by atoms with van der Waals surface area (Å²) in [5.41, 5.74) is 1.30. The Balaban J connectivity index is 3.85. The molecule has 0 amide bonds. The highest BCUT2D eigenvalue weighted by atomic mass is 16.1. The van der Waals surface area contributed by atoms with Gasteiger partial charge in [-0.1, -0.05) is 31.6 Å². The topological polar surface area (TPSA) is 17.1 Å². The van der Waals surface area contributed by atoms with Gasteiger partial charge in [0.2, 0.25) is 0 Å². The summed E-state index contributed by atoms with van der Waals surface area (Å²) in [5, 5.41) is 0. The van der Waals surface area contributed by atoms with Crippen molar-refractivity contribution < 1.29 is 4.79 Å². The molecule has 11 heavy (non-hydrogen) atoms. The molecular formula is C10H16O. The molecule has 0 saturated carbocycles. The molecule has 0 aromatic carbocycles. The minimum absolute atomic E-state index is 0.185. The molecule has 0 aliphatic heterocycles. The van der Waals surface area contributed by atoms with Crippen LogP contribution in [0.2, 0.25) is 0 Å². The highest BCUT2D eigenvalue weighted by molar-refractivity contribution is 5.89. The molecule has 0 N–H and O–H groups in total. The first-order valence-corrected chi connectivity index (χ1v) is 4.07. The Morgan fingerprint density at radius 3 is 2.36 bits per heavy atom. The van der Waals surface area contributed by atoms with Gasteiger partial charge in [-0.3, -0.25) is 4.79 Å². The first kappa shape index (κ1) is 10.2. The van der Waals surface area contributed by atoms with Crippen LogP contribution < -0.4 is 0 Å². The number of carbonyl (C=O) groups is 1. The van der Waals surface area contributed by atoms with Gasteiger partial charge in [0.05, 0.1) is 0 Å². The zero-order chi connectivity index (χ0) is 8.69. The van der Waals surface area contributed by atoms with Gasteiger partial charge in [-0.25, -0.2) is 0 Å². The third kappa shape index (κ3) is 5.59. The average molecular weight is 152 g/mol. The van der Waals surface area contributed by atoms with E-state index in [1.165, 1.54) is 5.57 Å². The van der Waals surface area contributed by atoms with Crippen LogP contribution in [0.25, 0.3) is 0 Å². The van der Waals surface area contributed by atoms with Crippen LogP contribution in [0.4, 0.5) is 0 Å². The Kier molecular flexibility index (Phi) is 5.44. The number of carbonyl (C=O) groups excluding carboxylic acids is 1. The molecule has 0 saturated heterocycles. The average Bonchev–Trinajstić information content (AvgIpc) is 2.04. The van der Waals surface area contributed by atoms with Crippen LogP contribution in [-0.2, 0) is 4.79 Å². The van der Waals surface area contributed by atoms with E-state index in [1.807, 2.05) is 19.1 Å². The van der Waals surface area contributed by atoms with Gasteiger partial charge in [0.1, 0.15) is 0 Å². The van der Waals surface area contributed by atoms with Crippen LogP contribution in [0, 0.1) is 0 Å². The van der Waals surface area contributed by atoms with Gasteiger partial charge in [-0.15, -0.1) is 0 Å². The fraction of sp³-hybridized carbons (Fsp3) is 0.500. The Morgan fingerprint density at radius 1 is 1.27 bits per heavy atom. The largest absolute Gasteiger partial charge is 0.295 e. The van der Waals surface area contributed by atoms with Crippen molar-refractivity contribution >= 4 is 5.78 Å². The quantitative estimate of drug-likeness (QED) is 0.447. The Labute approximate surface area is 68.8 Å². The maximum atomic E-state index is 10.8. The van der Waals surface area contributed by atoms with Crippen LogP contribution in [0.3, 0.4) is 0 Å². The van der Waals surface area contributed by atoms with Crippen molar-refractivity contribution in [2.24, 2.45) is 0 Å². The number of hydrogen-bond donors (Lipinski definition) is 0. The minimum atomic E-state index is 0.185. The number of hydrogen-bond acceptors (Lipinski definition) is 1. The van der Waals surface area contributed by atoms with Crippen molar-refractivity contribution in [3.8, 4) is 0 Å². The monoisotopic (exact) mass is 152 g/mol. The summed E-state index contributed by atoms with van der Waals surface area (Å²) in [6, 6.07) is 0. The fourth-order valence-corrected chi connectivity index (χ4v) is 0.555. The van der Waals surface area contributed by atoms with Gasteiger partial charge in [0.15, 0.2) is 5.78 Å². The minimum Gasteiger partial charge on any atom is -0.295 e. The van der Waals surface area contributed by atoms with Crippen LogP contribution in [0.5, 0.6) is 0 Å². The van der Waals surface area contributed by atoms with Crippen LogP contribution in [-0.4, -0.2) is 5.78 Å². The molecule has 0 aliphatic carbocycles. The van der Waals surface area contributed by atoms with E-state index in [4.69, 9.17) is 0 Å². The molecule has 1 nitrogen and oxygen atoms in total. The smallest absolute Gasteiger partial charge is 0.155 e. The van der Waals surface area contributed by atoms with E-state index in [2.05, 4.69) is 13.8 Å². The lowest BCUT2D eigenvalue weighted by atomic mass is 10.2. The molecule has 0 radical (unpaired) electrons. The number of rotatable bonds is 4. The Hall–Kier alpha value is -0.850. The predicted molar refractivity (Wildman–Crippen MR) is 48.5 cm³/mol. The van der Waals surface area contributed by atoms with Crippen molar-refractivity contribution in [2.75, 3.05) is 0 Å². The van der Waals surface area contributed by atoms with Crippen molar-refractivity contribution in [1.82, 2.24) is 0 Å². The zero-order valence-corrected chi connectivity index (χ0v) is 7.55. The molecule has 0 aliphatic rings. The second-order valence-electron chi connectivity index (χ2n) is 2.55. The van der Waals surface area contributed by atoms with Crippen molar-refractivity contribution in [2.45, 2.75) is 33.6 Å². The third-order valence-electron chi connectivity index (χ3n) is 1.57. The molecule has 0 bridgehead atoms. The van der Waals surface area contributed by atoms with E-state index in [0.29, 0.717) is 6.42 Å². The molecule has 0 heterocycles. The summed E-state index contributed by atoms with van der Waals surface area (Å²) in [7, 11) is 0. The van der Waals surface area contributed by atoms with Crippen molar-refractivity contribution in [3.05, 3.63) is 23.8 Å². The lowest BCUT2D eigenvalue weighted by Gasteiger charge is -1.88. The molecule has 0 aromatic heterocycles. The van der Waals surface area contributed by atoms with E-state index in [9.17, 15) is 4.79 Å². The highest BCUT2D eigenvalue weighted by Gasteiger charge is 1.86. The first-order chi connectivity index (χ1) is 5.20. The van der Waals surface area contributed by atoms with Gasteiger partial charge in [0, 0.05) is 6.42 Å². The van der Waals surface area contributed by atoms with Gasteiger partial charge in [-0.05, 0) is 19.4 Å². The summed E-state index contributed by atoms with van der Waals surface area (Å²) in [6.45, 7) is 6.02. The van der Waals surface area contributed by atoms with Crippen molar-refractivity contribution in [3.63, 3.8) is 0 Å². The molecule has 0 unspecified atom stereocenters. The maximum Gasteiger partial charge on any atom is 0.155 e. The normalized spacial score (nSPS) is 12.5. The van der Waals surface area contributed by atoms with Gasteiger partial charge < -0.3 is 0 Å². The lowest BCUT2D eigenvalue weighted by Crippen LogP contribution is -1.85. The summed E-state index contributed by atoms with van der Waals surface area (Å²) < 4.78 is 0. The summed E-state index contributed by atoms with van der Waals surface area (Å²) in [6.07, 6.45) is 7.07. The summed E-state index contributed by atoms with van der Waals surface area (Å²) in [5.74, 6) is 0.185. The van der Waals surface area contributed by atoms with Crippen LogP contribution in [0.15, 0.2) is 23.8 Å². The van der Waals surface area contributed by atoms with Crippen molar-refractivity contribution in [1.29, 1.82) is 0 Å². The van der Waals surface area contributed by atoms with E-state index >= 15 is 0 Å². The van der Waals surface area contributed by atoms with E-state index in [0.717, 1.165) is 6.42 Å². The standard InChI is InChI=1S/C10H16O/c1-4-9(3)7-6-8-10(11)5-2/h6-8H,4-5H2,1-3H3/b8-6+,9-7+. The van der Waals surface area contributed by atoms with Gasteiger partial charge >= 0.3 is 0 Å². The SMILES string of the molecule is CCC(=O)/C=C/C=C(\C)CC. The van der Waals surface area contributed by atoms with E-state index in [-0.39, 0.29) is 5.78 Å². The van der Waals surface area contributed by atoms with Gasteiger partial charge in [-0.2, -0.15) is 0 Å². The van der Waals surface area contributed by atoms with E-state index < -0.39 is 0 Å². The van der Waals surface area contributed by atoms with Crippen LogP contribution >= 0.6 is 0 Å². The number of ketones is 1. The maximum absolute atomic E-state index is 10.8. The zero-order valence-electron chi connectivity index (χ0n) is 7.55. The molecule has 0 fully saturated rings. The molecule has 0 atom stereocenters. The summed E-state index contributed by atoms with van der Waals surface area (Å²) in [4.78, 5) is 10.8. The molecule has 1 heteroatoms. The fourth-order valence-electron chi connectivity index (χ4n) is 0.555. The second kappa shape index (κ2) is 5.90. The third-order valence-corrected chi connectivity index (χ3v) is 1.57. The number of allylic oxidation sites excluding steroid dienone is 4. The second-order valence-corrected chi connectivity index (χ2v) is 2.55. The van der Waals surface area contributed by atoms with Gasteiger partial charge in [0.25, 0.3) is 0 Å². The molecule has 0 aromatic rings. The summed E-state index contributed by atoms with van der Waals surface area (Å²) >= 11 is 0. The predicted octanol–water partition coefficient (Wildman–Crippen LogP) is 2.88. The van der Waals surface area contributed by atoms with E-state index in [1.54, 1.807) is 6.08 Å². The molecule has 62 valence electrons. The Morgan fingerprint density at radius 2 is 1.91 bits per heavy atom. The molecule has 0 rings (SSSR count). The van der Waals surface area contributed by atoms with Crippen LogP contribution in [0.1, 0.15) is 33.6 Å². The highest BCUT2D eigenvalue weighted by Crippen LogP contribution is 1.97. The first-order valence-electron chi connectivity index (χ1n) is 4.07. The lowest BCUT2D eigenvalue weighted by molar-refractivity contribution is -0.114. The Bertz CT molecular complexity index is 175. The molecular weight excluding hydrogens is 136 g/mol.